The number of benzene rings is 2. The summed E-state index contributed by atoms with van der Waals surface area (Å²) in [6, 6.07) is 17.5. The van der Waals surface area contributed by atoms with Crippen molar-refractivity contribution in [1.82, 2.24) is 0 Å². The standard InChI is InChI=1S/C27H21N3O4S/c28-14-20(25(31)30-26-22(15-29)21-6-2-4-8-24(21)35-26)13-19-5-1-3-7-23(19)34-16-17-9-11-18(12-10-17)27(32)33/h1,3,5,7,9-13H,2,4,6,8,16H2,(H,30,31)(H,32,33)/b20-13+. The normalized spacial score (nSPS) is 12.7. The topological polar surface area (TPSA) is 123 Å². The van der Waals surface area contributed by atoms with Gasteiger partial charge in [0, 0.05) is 10.4 Å². The molecule has 0 aliphatic heterocycles. The van der Waals surface area contributed by atoms with Crippen molar-refractivity contribution in [3.05, 3.63) is 86.8 Å². The molecule has 7 nitrogen and oxygen atoms in total. The van der Waals surface area contributed by atoms with E-state index in [9.17, 15) is 20.1 Å². The molecule has 0 saturated heterocycles. The first-order valence-electron chi connectivity index (χ1n) is 11.0. The van der Waals surface area contributed by atoms with Crippen molar-refractivity contribution >= 4 is 34.3 Å². The summed E-state index contributed by atoms with van der Waals surface area (Å²) in [5.74, 6) is -1.11. The number of rotatable bonds is 7. The highest BCUT2D eigenvalue weighted by Gasteiger charge is 2.23. The number of ether oxygens (including phenoxy) is 1. The fraction of sp³-hybridized carbons (Fsp3) is 0.185. The lowest BCUT2D eigenvalue weighted by atomic mass is 9.96. The monoisotopic (exact) mass is 483 g/mol. The van der Waals surface area contributed by atoms with E-state index in [1.165, 1.54) is 29.5 Å². The number of nitrogens with zero attached hydrogens (tertiary/aromatic N) is 2. The van der Waals surface area contributed by atoms with E-state index < -0.39 is 11.9 Å². The van der Waals surface area contributed by atoms with E-state index >= 15 is 0 Å². The van der Waals surface area contributed by atoms with E-state index in [2.05, 4.69) is 11.4 Å². The minimum atomic E-state index is -1.00. The molecule has 3 aromatic rings. The number of fused-ring (bicyclic) bond motifs is 1. The molecule has 1 amide bonds. The number of hydrogen-bond acceptors (Lipinski definition) is 6. The second kappa shape index (κ2) is 10.7. The van der Waals surface area contributed by atoms with E-state index in [1.54, 1.807) is 36.4 Å². The van der Waals surface area contributed by atoms with Gasteiger partial charge in [-0.2, -0.15) is 10.5 Å². The largest absolute Gasteiger partial charge is 0.488 e. The molecule has 0 fully saturated rings. The Kier molecular flexibility index (Phi) is 7.25. The van der Waals surface area contributed by atoms with Gasteiger partial charge in [0.2, 0.25) is 0 Å². The second-order valence-electron chi connectivity index (χ2n) is 7.98. The first-order chi connectivity index (χ1) is 17.0. The molecule has 1 aliphatic carbocycles. The lowest BCUT2D eigenvalue weighted by Crippen LogP contribution is -2.13. The third-order valence-corrected chi connectivity index (χ3v) is 6.90. The molecule has 0 saturated carbocycles. The molecule has 1 heterocycles. The number of hydrogen-bond donors (Lipinski definition) is 2. The van der Waals surface area contributed by atoms with Crippen molar-refractivity contribution < 1.29 is 19.4 Å². The quantitative estimate of drug-likeness (QED) is 0.346. The van der Waals surface area contributed by atoms with Gasteiger partial charge in [0.15, 0.2) is 0 Å². The van der Waals surface area contributed by atoms with Crippen molar-refractivity contribution in [2.75, 3.05) is 5.32 Å². The number of para-hydroxylation sites is 1. The smallest absolute Gasteiger partial charge is 0.335 e. The van der Waals surface area contributed by atoms with Gasteiger partial charge in [0.25, 0.3) is 5.91 Å². The zero-order valence-electron chi connectivity index (χ0n) is 18.7. The number of nitrogens with one attached hydrogen (secondary N) is 1. The fourth-order valence-corrected chi connectivity index (χ4v) is 5.12. The molecular weight excluding hydrogens is 462 g/mol. The molecule has 2 aromatic carbocycles. The van der Waals surface area contributed by atoms with Gasteiger partial charge in [-0.25, -0.2) is 4.79 Å². The molecule has 0 bridgehead atoms. The van der Waals surface area contributed by atoms with Crippen LogP contribution in [-0.2, 0) is 24.2 Å². The maximum Gasteiger partial charge on any atom is 0.335 e. The molecule has 0 spiro atoms. The average Bonchev–Trinajstić information content (AvgIpc) is 3.23. The molecular formula is C27H21N3O4S. The highest BCUT2D eigenvalue weighted by molar-refractivity contribution is 7.16. The maximum absolute atomic E-state index is 12.9. The van der Waals surface area contributed by atoms with Crippen molar-refractivity contribution in [2.24, 2.45) is 0 Å². The second-order valence-corrected chi connectivity index (χ2v) is 9.08. The number of carboxylic acids is 1. The van der Waals surface area contributed by atoms with Gasteiger partial charge in [-0.1, -0.05) is 30.3 Å². The van der Waals surface area contributed by atoms with E-state index in [0.717, 1.165) is 41.7 Å². The number of amides is 1. The minimum Gasteiger partial charge on any atom is -0.488 e. The average molecular weight is 484 g/mol. The summed E-state index contributed by atoms with van der Waals surface area (Å²) in [4.78, 5) is 25.1. The molecule has 4 rings (SSSR count). The summed E-state index contributed by atoms with van der Waals surface area (Å²) in [6.45, 7) is 0.186. The number of carboxylic acid groups (broad SMARTS) is 1. The highest BCUT2D eigenvalue weighted by atomic mass is 32.1. The number of aryl methyl sites for hydroxylation is 1. The fourth-order valence-electron chi connectivity index (χ4n) is 3.88. The first kappa shape index (κ1) is 23.7. The molecule has 1 aromatic heterocycles. The summed E-state index contributed by atoms with van der Waals surface area (Å²) in [7, 11) is 0. The van der Waals surface area contributed by atoms with Crippen molar-refractivity contribution in [2.45, 2.75) is 32.3 Å². The number of anilines is 1. The Morgan fingerprint density at radius 3 is 2.54 bits per heavy atom. The predicted octanol–water partition coefficient (Wildman–Crippen LogP) is 5.32. The number of carbonyl (C=O) groups is 2. The van der Waals surface area contributed by atoms with Crippen LogP contribution in [0, 0.1) is 22.7 Å². The summed E-state index contributed by atoms with van der Waals surface area (Å²) in [6.07, 6.45) is 5.27. The molecule has 174 valence electrons. The van der Waals surface area contributed by atoms with Crippen LogP contribution in [0.25, 0.3) is 6.08 Å². The summed E-state index contributed by atoms with van der Waals surface area (Å²) < 4.78 is 5.88. The first-order valence-corrected chi connectivity index (χ1v) is 11.8. The number of aromatic carboxylic acids is 1. The Balaban J connectivity index is 1.52. The Morgan fingerprint density at radius 1 is 1.09 bits per heavy atom. The molecule has 8 heteroatoms. The van der Waals surface area contributed by atoms with Crippen LogP contribution >= 0.6 is 11.3 Å². The van der Waals surface area contributed by atoms with E-state index in [1.807, 2.05) is 6.07 Å². The van der Waals surface area contributed by atoms with Crippen LogP contribution < -0.4 is 10.1 Å². The maximum atomic E-state index is 12.9. The van der Waals surface area contributed by atoms with Gasteiger partial charge in [-0.3, -0.25) is 4.79 Å². The van der Waals surface area contributed by atoms with Gasteiger partial charge in [0.05, 0.1) is 11.1 Å². The van der Waals surface area contributed by atoms with Gasteiger partial charge in [-0.15, -0.1) is 11.3 Å². The highest BCUT2D eigenvalue weighted by Crippen LogP contribution is 2.37. The Hall–Kier alpha value is -4.40. The minimum absolute atomic E-state index is 0.109. The molecule has 1 aliphatic rings. The molecule has 35 heavy (non-hydrogen) atoms. The van der Waals surface area contributed by atoms with Crippen LogP contribution in [0.3, 0.4) is 0 Å². The Bertz CT molecular complexity index is 1390. The number of thiophene rings is 1. The summed E-state index contributed by atoms with van der Waals surface area (Å²) in [5, 5.41) is 31.6. The van der Waals surface area contributed by atoms with Crippen molar-refractivity contribution in [3.8, 4) is 17.9 Å². The van der Waals surface area contributed by atoms with Gasteiger partial charge in [0.1, 0.15) is 35.1 Å². The molecule has 2 N–H and O–H groups in total. The molecule has 0 radical (unpaired) electrons. The Morgan fingerprint density at radius 2 is 1.83 bits per heavy atom. The van der Waals surface area contributed by atoms with Gasteiger partial charge < -0.3 is 15.2 Å². The lowest BCUT2D eigenvalue weighted by molar-refractivity contribution is -0.112. The van der Waals surface area contributed by atoms with E-state index in [4.69, 9.17) is 9.84 Å². The molecule has 0 atom stereocenters. The van der Waals surface area contributed by atoms with Crippen LogP contribution in [-0.4, -0.2) is 17.0 Å². The third kappa shape index (κ3) is 5.40. The zero-order valence-corrected chi connectivity index (χ0v) is 19.5. The van der Waals surface area contributed by atoms with E-state index in [0.29, 0.717) is 21.9 Å². The third-order valence-electron chi connectivity index (χ3n) is 5.69. The molecule has 0 unspecified atom stereocenters. The van der Waals surface area contributed by atoms with Crippen molar-refractivity contribution in [3.63, 3.8) is 0 Å². The zero-order chi connectivity index (χ0) is 24.8. The van der Waals surface area contributed by atoms with Gasteiger partial charge >= 0.3 is 5.97 Å². The summed E-state index contributed by atoms with van der Waals surface area (Å²) >= 11 is 1.41. The lowest BCUT2D eigenvalue weighted by Gasteiger charge is -2.10. The number of carbonyl (C=O) groups excluding carboxylic acids is 1. The van der Waals surface area contributed by atoms with Crippen LogP contribution in [0.2, 0.25) is 0 Å². The SMILES string of the molecule is N#C/C(=C\c1ccccc1OCc1ccc(C(=O)O)cc1)C(=O)Nc1sc2c(c1C#N)CCCC2. The number of nitriles is 2. The van der Waals surface area contributed by atoms with Gasteiger partial charge in [-0.05, 0) is 61.1 Å². The predicted molar refractivity (Wildman–Crippen MR) is 132 cm³/mol. The van der Waals surface area contributed by atoms with Crippen molar-refractivity contribution in [1.29, 1.82) is 10.5 Å². The van der Waals surface area contributed by atoms with Crippen LogP contribution in [0.4, 0.5) is 5.00 Å². The van der Waals surface area contributed by atoms with Crippen LogP contribution in [0.5, 0.6) is 5.75 Å². The van der Waals surface area contributed by atoms with Crippen LogP contribution in [0.1, 0.15) is 50.3 Å². The van der Waals surface area contributed by atoms with Crippen LogP contribution in [0.15, 0.2) is 54.1 Å². The van der Waals surface area contributed by atoms with E-state index in [-0.39, 0.29) is 17.7 Å². The summed E-state index contributed by atoms with van der Waals surface area (Å²) in [5.41, 5.74) is 2.91. The Labute approximate surface area is 206 Å².